The number of carbonyl (C=O) groups excluding carboxylic acids is 1. The molecule has 0 amide bonds. The predicted molar refractivity (Wildman–Crippen MR) is 43.7 cm³/mol. The van der Waals surface area contributed by atoms with Crippen LogP contribution in [0.4, 0.5) is 0 Å². The van der Waals surface area contributed by atoms with Crippen LogP contribution in [-0.4, -0.2) is 35.5 Å². The first-order valence-electron chi connectivity index (χ1n) is 4.37. The minimum atomic E-state index is -0.597. The van der Waals surface area contributed by atoms with Crippen molar-refractivity contribution in [1.82, 2.24) is 0 Å². The molecule has 4 heteroatoms. The summed E-state index contributed by atoms with van der Waals surface area (Å²) in [7, 11) is 0. The van der Waals surface area contributed by atoms with Crippen molar-refractivity contribution in [1.29, 1.82) is 0 Å². The van der Waals surface area contributed by atoms with Gasteiger partial charge in [-0.05, 0) is 5.57 Å². The third-order valence-corrected chi connectivity index (χ3v) is 2.83. The average Bonchev–Trinajstić information content (AvgIpc) is 2.43. The van der Waals surface area contributed by atoms with E-state index in [9.17, 15) is 9.90 Å². The van der Waals surface area contributed by atoms with E-state index < -0.39 is 6.10 Å². The number of aliphatic hydroxyl groups excluding tert-OH is 2. The van der Waals surface area contributed by atoms with Crippen LogP contribution in [0, 0.1) is 11.8 Å². The van der Waals surface area contributed by atoms with Gasteiger partial charge in [0.25, 0.3) is 0 Å². The summed E-state index contributed by atoms with van der Waals surface area (Å²) in [5.41, 5.74) is 0.796. The van der Waals surface area contributed by atoms with Crippen LogP contribution in [-0.2, 0) is 9.53 Å². The standard InChI is InChI=1S/C9H12O4/c10-3-5-1-8(11)6-2-9(12)13-4-7(5)6/h1,6-8,10-11H,2-4H2/t6-,7-,8-/m1/s1. The lowest BCUT2D eigenvalue weighted by molar-refractivity contribution is -0.153. The molecule has 1 saturated heterocycles. The van der Waals surface area contributed by atoms with E-state index in [0.29, 0.717) is 6.61 Å². The summed E-state index contributed by atoms with van der Waals surface area (Å²) in [5, 5.41) is 18.5. The van der Waals surface area contributed by atoms with Crippen molar-refractivity contribution < 1.29 is 19.7 Å². The largest absolute Gasteiger partial charge is 0.465 e. The highest BCUT2D eigenvalue weighted by molar-refractivity contribution is 5.71. The molecule has 0 bridgehead atoms. The molecule has 0 aromatic carbocycles. The Bertz CT molecular complexity index is 258. The summed E-state index contributed by atoms with van der Waals surface area (Å²) < 4.78 is 4.87. The molecule has 4 nitrogen and oxygen atoms in total. The van der Waals surface area contributed by atoms with Crippen molar-refractivity contribution in [3.05, 3.63) is 11.6 Å². The van der Waals surface area contributed by atoms with Gasteiger partial charge >= 0.3 is 5.97 Å². The van der Waals surface area contributed by atoms with Gasteiger partial charge in [0, 0.05) is 11.8 Å². The van der Waals surface area contributed by atoms with Crippen molar-refractivity contribution in [3.63, 3.8) is 0 Å². The number of hydrogen-bond acceptors (Lipinski definition) is 4. The molecular formula is C9H12O4. The Labute approximate surface area is 75.8 Å². The zero-order chi connectivity index (χ0) is 9.42. The first-order chi connectivity index (χ1) is 6.22. The lowest BCUT2D eigenvalue weighted by atomic mass is 9.86. The molecule has 2 rings (SSSR count). The predicted octanol–water partition coefficient (Wildman–Crippen LogP) is -0.541. The fourth-order valence-electron chi connectivity index (χ4n) is 2.08. The lowest BCUT2D eigenvalue weighted by Crippen LogP contribution is -2.34. The number of ether oxygens (including phenoxy) is 1. The number of aliphatic hydroxyl groups is 2. The molecule has 0 spiro atoms. The molecule has 1 aliphatic carbocycles. The fourth-order valence-corrected chi connectivity index (χ4v) is 2.08. The van der Waals surface area contributed by atoms with Gasteiger partial charge < -0.3 is 14.9 Å². The molecule has 0 unspecified atom stereocenters. The van der Waals surface area contributed by atoms with Crippen LogP contribution < -0.4 is 0 Å². The van der Waals surface area contributed by atoms with Gasteiger partial charge in [0.2, 0.25) is 0 Å². The number of hydrogen-bond donors (Lipinski definition) is 2. The molecule has 1 aliphatic heterocycles. The van der Waals surface area contributed by atoms with Gasteiger partial charge in [-0.2, -0.15) is 0 Å². The number of fused-ring (bicyclic) bond motifs is 1. The van der Waals surface area contributed by atoms with E-state index in [2.05, 4.69) is 0 Å². The third-order valence-electron chi connectivity index (χ3n) is 2.83. The van der Waals surface area contributed by atoms with Crippen LogP contribution >= 0.6 is 0 Å². The molecule has 0 saturated carbocycles. The monoisotopic (exact) mass is 184 g/mol. The maximum atomic E-state index is 10.9. The van der Waals surface area contributed by atoms with Crippen LogP contribution in [0.5, 0.6) is 0 Å². The maximum Gasteiger partial charge on any atom is 0.306 e. The second kappa shape index (κ2) is 3.12. The molecule has 0 aromatic rings. The molecule has 1 fully saturated rings. The summed E-state index contributed by atoms with van der Waals surface area (Å²) in [6.45, 7) is 0.239. The quantitative estimate of drug-likeness (QED) is 0.424. The van der Waals surface area contributed by atoms with Gasteiger partial charge in [0.05, 0.1) is 25.7 Å². The molecule has 3 atom stereocenters. The lowest BCUT2D eigenvalue weighted by Gasteiger charge is -2.28. The van der Waals surface area contributed by atoms with Gasteiger partial charge in [-0.1, -0.05) is 6.08 Å². The topological polar surface area (TPSA) is 66.8 Å². The van der Waals surface area contributed by atoms with E-state index in [-0.39, 0.29) is 30.8 Å². The molecule has 1 heterocycles. The summed E-state index contributed by atoms with van der Waals surface area (Å²) in [6, 6.07) is 0. The van der Waals surface area contributed by atoms with E-state index >= 15 is 0 Å². The van der Waals surface area contributed by atoms with Crippen LogP contribution in [0.25, 0.3) is 0 Å². The number of cyclic esters (lactones) is 1. The SMILES string of the molecule is O=C1C[C@H]2[C@H](O)C=C(CO)[C@H]2CO1. The minimum absolute atomic E-state index is 0.0256. The van der Waals surface area contributed by atoms with Gasteiger partial charge in [-0.15, -0.1) is 0 Å². The Morgan fingerprint density at radius 2 is 2.38 bits per heavy atom. The highest BCUT2D eigenvalue weighted by Gasteiger charge is 2.41. The number of carbonyl (C=O) groups is 1. The Balaban J connectivity index is 2.16. The molecule has 2 aliphatic rings. The summed E-state index contributed by atoms with van der Waals surface area (Å²) >= 11 is 0. The van der Waals surface area contributed by atoms with E-state index in [1.807, 2.05) is 0 Å². The molecule has 0 radical (unpaired) electrons. The Morgan fingerprint density at radius 3 is 3.08 bits per heavy atom. The van der Waals surface area contributed by atoms with Crippen molar-refractivity contribution in [2.45, 2.75) is 12.5 Å². The zero-order valence-corrected chi connectivity index (χ0v) is 7.14. The van der Waals surface area contributed by atoms with Crippen LogP contribution in [0.3, 0.4) is 0 Å². The maximum absolute atomic E-state index is 10.9. The second-order valence-electron chi connectivity index (χ2n) is 3.55. The van der Waals surface area contributed by atoms with Crippen molar-refractivity contribution in [3.8, 4) is 0 Å². The zero-order valence-electron chi connectivity index (χ0n) is 7.14. The normalized spacial score (nSPS) is 38.2. The van der Waals surface area contributed by atoms with Crippen LogP contribution in [0.1, 0.15) is 6.42 Å². The minimum Gasteiger partial charge on any atom is -0.465 e. The number of rotatable bonds is 1. The second-order valence-corrected chi connectivity index (χ2v) is 3.55. The molecular weight excluding hydrogens is 172 g/mol. The summed E-state index contributed by atoms with van der Waals surface area (Å²) in [4.78, 5) is 10.9. The summed E-state index contributed by atoms with van der Waals surface area (Å²) in [6.07, 6.45) is 1.29. The van der Waals surface area contributed by atoms with E-state index in [1.165, 1.54) is 0 Å². The molecule has 13 heavy (non-hydrogen) atoms. The van der Waals surface area contributed by atoms with Crippen LogP contribution in [0.15, 0.2) is 11.6 Å². The highest BCUT2D eigenvalue weighted by Crippen LogP contribution is 2.37. The first kappa shape index (κ1) is 8.72. The Hall–Kier alpha value is -0.870. The fraction of sp³-hybridized carbons (Fsp3) is 0.667. The van der Waals surface area contributed by atoms with E-state index in [4.69, 9.17) is 9.84 Å². The Kier molecular flexibility index (Phi) is 2.09. The van der Waals surface area contributed by atoms with Crippen molar-refractivity contribution in [2.75, 3.05) is 13.2 Å². The molecule has 72 valence electrons. The van der Waals surface area contributed by atoms with Gasteiger partial charge in [-0.25, -0.2) is 0 Å². The van der Waals surface area contributed by atoms with Gasteiger partial charge in [0.15, 0.2) is 0 Å². The summed E-state index contributed by atoms with van der Waals surface area (Å²) in [5.74, 6) is -0.311. The number of esters is 1. The highest BCUT2D eigenvalue weighted by atomic mass is 16.5. The Morgan fingerprint density at radius 1 is 1.62 bits per heavy atom. The van der Waals surface area contributed by atoms with Crippen molar-refractivity contribution in [2.24, 2.45) is 11.8 Å². The van der Waals surface area contributed by atoms with Gasteiger partial charge in [0.1, 0.15) is 0 Å². The van der Waals surface area contributed by atoms with E-state index in [1.54, 1.807) is 6.08 Å². The third kappa shape index (κ3) is 1.36. The molecule has 2 N–H and O–H groups in total. The molecule has 0 aromatic heterocycles. The van der Waals surface area contributed by atoms with Crippen LogP contribution in [0.2, 0.25) is 0 Å². The smallest absolute Gasteiger partial charge is 0.306 e. The van der Waals surface area contributed by atoms with E-state index in [0.717, 1.165) is 5.57 Å². The average molecular weight is 184 g/mol. The van der Waals surface area contributed by atoms with Gasteiger partial charge in [-0.3, -0.25) is 4.79 Å². The van der Waals surface area contributed by atoms with Crippen molar-refractivity contribution >= 4 is 5.97 Å². The first-order valence-corrected chi connectivity index (χ1v) is 4.37.